The molecule has 1 fully saturated rings. The summed E-state index contributed by atoms with van der Waals surface area (Å²) in [5.74, 6) is 0. The minimum atomic E-state index is 0. The fourth-order valence-electron chi connectivity index (χ4n) is 4.00. The lowest BCUT2D eigenvalue weighted by atomic mass is 10.1. The molecule has 4 rings (SSSR count). The Balaban J connectivity index is 0.00000289. The maximum absolute atomic E-state index is 5.82. The van der Waals surface area contributed by atoms with Gasteiger partial charge in [0.15, 0.2) is 5.11 Å². The first kappa shape index (κ1) is 24.5. The zero-order chi connectivity index (χ0) is 21.3. The molecular formula is C26H32ClN3OS. The number of rotatable bonds is 8. The minimum absolute atomic E-state index is 0. The van der Waals surface area contributed by atoms with Gasteiger partial charge in [0.25, 0.3) is 0 Å². The van der Waals surface area contributed by atoms with Gasteiger partial charge in [0.2, 0.25) is 0 Å². The van der Waals surface area contributed by atoms with Crippen LogP contribution >= 0.6 is 24.6 Å². The highest BCUT2D eigenvalue weighted by molar-refractivity contribution is 7.80. The van der Waals surface area contributed by atoms with Gasteiger partial charge < -0.3 is 15.0 Å². The van der Waals surface area contributed by atoms with Crippen molar-refractivity contribution >= 4 is 40.5 Å². The van der Waals surface area contributed by atoms with Crippen LogP contribution in [0.2, 0.25) is 0 Å². The van der Waals surface area contributed by atoms with Crippen molar-refractivity contribution in [3.63, 3.8) is 0 Å². The average Bonchev–Trinajstić information content (AvgIpc) is 2.82. The SMILES string of the molecule is Cl.S=C(NCCCN1CCOCC1)N(Cc1ccccc1)Cc1ccc2ccccc2c1. The molecule has 170 valence electrons. The summed E-state index contributed by atoms with van der Waals surface area (Å²) in [6.07, 6.45) is 1.08. The molecule has 0 saturated carbocycles. The standard InChI is InChI=1S/C26H31N3OS.ClH/c31-26(27-13-6-14-28-15-17-30-18-16-28)29(20-22-7-2-1-3-8-22)21-23-11-12-24-9-4-5-10-25(24)19-23;/h1-5,7-12,19H,6,13-18,20-21H2,(H,27,31);1H. The van der Waals surface area contributed by atoms with E-state index in [1.54, 1.807) is 0 Å². The van der Waals surface area contributed by atoms with E-state index in [-0.39, 0.29) is 12.4 Å². The molecule has 3 aromatic carbocycles. The van der Waals surface area contributed by atoms with Crippen molar-refractivity contribution < 1.29 is 4.74 Å². The normalized spacial score (nSPS) is 14.0. The Kier molecular flexibility index (Phi) is 9.75. The van der Waals surface area contributed by atoms with Gasteiger partial charge in [-0.25, -0.2) is 0 Å². The van der Waals surface area contributed by atoms with E-state index in [0.717, 1.165) is 64.0 Å². The monoisotopic (exact) mass is 469 g/mol. The number of morpholine rings is 1. The van der Waals surface area contributed by atoms with Crippen LogP contribution in [0.5, 0.6) is 0 Å². The van der Waals surface area contributed by atoms with Crippen LogP contribution in [0.3, 0.4) is 0 Å². The van der Waals surface area contributed by atoms with Gasteiger partial charge in [-0.05, 0) is 53.1 Å². The van der Waals surface area contributed by atoms with E-state index in [2.05, 4.69) is 87.9 Å². The van der Waals surface area contributed by atoms with Gasteiger partial charge in [-0.1, -0.05) is 66.7 Å². The molecule has 32 heavy (non-hydrogen) atoms. The van der Waals surface area contributed by atoms with E-state index < -0.39 is 0 Å². The maximum Gasteiger partial charge on any atom is 0.169 e. The Bertz CT molecular complexity index is 979. The topological polar surface area (TPSA) is 27.7 Å². The first-order valence-corrected chi connectivity index (χ1v) is 11.5. The van der Waals surface area contributed by atoms with Gasteiger partial charge in [0.1, 0.15) is 0 Å². The highest BCUT2D eigenvalue weighted by Crippen LogP contribution is 2.18. The van der Waals surface area contributed by atoms with E-state index in [1.807, 2.05) is 0 Å². The summed E-state index contributed by atoms with van der Waals surface area (Å²) in [5.41, 5.74) is 2.54. The fraction of sp³-hybridized carbons (Fsp3) is 0.346. The molecule has 0 amide bonds. The number of fused-ring (bicyclic) bond motifs is 1. The Hall–Kier alpha value is -2.18. The second-order valence-corrected chi connectivity index (χ2v) is 8.45. The second-order valence-electron chi connectivity index (χ2n) is 8.06. The van der Waals surface area contributed by atoms with Gasteiger partial charge in [-0.2, -0.15) is 0 Å². The number of halogens is 1. The maximum atomic E-state index is 5.82. The summed E-state index contributed by atoms with van der Waals surface area (Å²) in [6.45, 7) is 7.32. The van der Waals surface area contributed by atoms with E-state index in [4.69, 9.17) is 17.0 Å². The van der Waals surface area contributed by atoms with Gasteiger partial charge in [-0.3, -0.25) is 4.90 Å². The Morgan fingerprint density at radius 1 is 0.875 bits per heavy atom. The third kappa shape index (κ3) is 7.17. The molecule has 0 spiro atoms. The summed E-state index contributed by atoms with van der Waals surface area (Å²) in [5, 5.41) is 6.85. The van der Waals surface area contributed by atoms with Crippen LogP contribution in [-0.2, 0) is 17.8 Å². The van der Waals surface area contributed by atoms with Gasteiger partial charge in [0.05, 0.1) is 13.2 Å². The third-order valence-corrected chi connectivity index (χ3v) is 6.12. The number of hydrogen-bond donors (Lipinski definition) is 1. The molecule has 1 aliphatic rings. The predicted octanol–water partition coefficient (Wildman–Crippen LogP) is 4.86. The molecule has 1 N–H and O–H groups in total. The van der Waals surface area contributed by atoms with Gasteiger partial charge >= 0.3 is 0 Å². The molecular weight excluding hydrogens is 438 g/mol. The van der Waals surface area contributed by atoms with Crippen molar-refractivity contribution in [2.24, 2.45) is 0 Å². The Morgan fingerprint density at radius 3 is 2.34 bits per heavy atom. The summed E-state index contributed by atoms with van der Waals surface area (Å²) in [4.78, 5) is 4.73. The average molecular weight is 470 g/mol. The molecule has 1 saturated heterocycles. The van der Waals surface area contributed by atoms with Crippen molar-refractivity contribution in [2.45, 2.75) is 19.5 Å². The quantitative estimate of drug-likeness (QED) is 0.375. The van der Waals surface area contributed by atoms with Crippen LogP contribution in [0.25, 0.3) is 10.8 Å². The predicted molar refractivity (Wildman–Crippen MR) is 139 cm³/mol. The van der Waals surface area contributed by atoms with Crippen molar-refractivity contribution in [1.29, 1.82) is 0 Å². The van der Waals surface area contributed by atoms with Crippen LogP contribution in [0.4, 0.5) is 0 Å². The number of thiocarbonyl (C=S) groups is 1. The smallest absolute Gasteiger partial charge is 0.169 e. The van der Waals surface area contributed by atoms with Crippen LogP contribution in [0.1, 0.15) is 17.5 Å². The molecule has 0 atom stereocenters. The molecule has 1 heterocycles. The van der Waals surface area contributed by atoms with Crippen LogP contribution in [0, 0.1) is 0 Å². The van der Waals surface area contributed by atoms with Crippen molar-refractivity contribution in [1.82, 2.24) is 15.1 Å². The lowest BCUT2D eigenvalue weighted by molar-refractivity contribution is 0.0376. The van der Waals surface area contributed by atoms with Gasteiger partial charge in [-0.15, -0.1) is 12.4 Å². The van der Waals surface area contributed by atoms with Crippen molar-refractivity contribution in [3.05, 3.63) is 83.9 Å². The number of hydrogen-bond acceptors (Lipinski definition) is 3. The lowest BCUT2D eigenvalue weighted by Crippen LogP contribution is -2.41. The van der Waals surface area contributed by atoms with E-state index >= 15 is 0 Å². The van der Waals surface area contributed by atoms with E-state index in [9.17, 15) is 0 Å². The lowest BCUT2D eigenvalue weighted by Gasteiger charge is -2.28. The second kappa shape index (κ2) is 12.8. The molecule has 4 nitrogen and oxygen atoms in total. The number of ether oxygens (including phenoxy) is 1. The van der Waals surface area contributed by atoms with Crippen molar-refractivity contribution in [3.8, 4) is 0 Å². The molecule has 0 unspecified atom stereocenters. The summed E-state index contributed by atoms with van der Waals surface area (Å²) < 4.78 is 5.43. The summed E-state index contributed by atoms with van der Waals surface area (Å²) >= 11 is 5.82. The number of nitrogens with one attached hydrogen (secondary N) is 1. The van der Waals surface area contributed by atoms with Crippen molar-refractivity contribution in [2.75, 3.05) is 39.4 Å². The molecule has 1 aliphatic heterocycles. The molecule has 0 bridgehead atoms. The first-order valence-electron chi connectivity index (χ1n) is 11.1. The zero-order valence-corrected chi connectivity index (χ0v) is 20.0. The Labute approximate surface area is 203 Å². The van der Waals surface area contributed by atoms with E-state index in [1.165, 1.54) is 21.9 Å². The van der Waals surface area contributed by atoms with Crippen LogP contribution < -0.4 is 5.32 Å². The third-order valence-electron chi connectivity index (χ3n) is 5.72. The van der Waals surface area contributed by atoms with E-state index in [0.29, 0.717) is 0 Å². The summed E-state index contributed by atoms with van der Waals surface area (Å²) in [7, 11) is 0. The number of nitrogens with zero attached hydrogens (tertiary/aromatic N) is 2. The Morgan fingerprint density at radius 2 is 1.56 bits per heavy atom. The van der Waals surface area contributed by atoms with Crippen LogP contribution in [0.15, 0.2) is 72.8 Å². The number of benzene rings is 3. The first-order chi connectivity index (χ1) is 15.3. The minimum Gasteiger partial charge on any atom is -0.379 e. The molecule has 0 radical (unpaired) electrons. The summed E-state index contributed by atoms with van der Waals surface area (Å²) in [6, 6.07) is 25.7. The molecule has 0 aliphatic carbocycles. The fourth-order valence-corrected chi connectivity index (χ4v) is 4.23. The van der Waals surface area contributed by atoms with Crippen LogP contribution in [-0.4, -0.2) is 54.3 Å². The van der Waals surface area contributed by atoms with Gasteiger partial charge in [0, 0.05) is 32.7 Å². The molecule has 3 aromatic rings. The largest absolute Gasteiger partial charge is 0.379 e. The highest BCUT2D eigenvalue weighted by Gasteiger charge is 2.13. The molecule has 0 aromatic heterocycles. The highest BCUT2D eigenvalue weighted by atomic mass is 35.5. The zero-order valence-electron chi connectivity index (χ0n) is 18.4. The molecule has 6 heteroatoms.